The van der Waals surface area contributed by atoms with Crippen molar-refractivity contribution in [3.05, 3.63) is 34.9 Å². The maximum Gasteiger partial charge on any atom is 0.308 e. The first-order valence-electron chi connectivity index (χ1n) is 9.54. The summed E-state index contributed by atoms with van der Waals surface area (Å²) in [4.78, 5) is 60.8. The highest BCUT2D eigenvalue weighted by molar-refractivity contribution is 6.27. The third-order valence-corrected chi connectivity index (χ3v) is 4.33. The summed E-state index contributed by atoms with van der Waals surface area (Å²) in [5.74, 6) is -3.87. The molecule has 0 aliphatic heterocycles. The van der Waals surface area contributed by atoms with Gasteiger partial charge in [-0.3, -0.25) is 24.0 Å². The number of allylic oxidation sites excluding steroid dienone is 1. The molecule has 1 N–H and O–H groups in total. The van der Waals surface area contributed by atoms with Crippen molar-refractivity contribution in [3.63, 3.8) is 0 Å². The largest absolute Gasteiger partial charge is 0.458 e. The van der Waals surface area contributed by atoms with Crippen molar-refractivity contribution >= 4 is 29.5 Å². The maximum atomic E-state index is 13.3. The molecule has 0 spiro atoms. The van der Waals surface area contributed by atoms with Gasteiger partial charge in [-0.1, -0.05) is 0 Å². The fourth-order valence-electron chi connectivity index (χ4n) is 3.14. The highest BCUT2D eigenvalue weighted by Crippen LogP contribution is 2.38. The number of fused-ring (bicyclic) bond motifs is 1. The molecule has 0 bridgehead atoms. The number of carbonyl (C=O) groups excluding carboxylic acids is 5. The lowest BCUT2D eigenvalue weighted by Crippen LogP contribution is -2.31. The molecule has 9 heteroatoms. The molecule has 1 aromatic carbocycles. The van der Waals surface area contributed by atoms with Crippen molar-refractivity contribution in [2.75, 3.05) is 0 Å². The monoisotopic (exact) mass is 432 g/mol. The minimum atomic E-state index is -1.11. The molecule has 31 heavy (non-hydrogen) atoms. The fourth-order valence-corrected chi connectivity index (χ4v) is 3.14. The molecule has 0 aromatic heterocycles. The topological polar surface area (TPSA) is 133 Å². The zero-order valence-electron chi connectivity index (χ0n) is 17.9. The molecular weight excluding hydrogens is 408 g/mol. The smallest absolute Gasteiger partial charge is 0.308 e. The molecular formula is C22H24O9. The van der Waals surface area contributed by atoms with Gasteiger partial charge in [-0.2, -0.15) is 0 Å². The lowest BCUT2D eigenvalue weighted by molar-refractivity contribution is -0.145. The first-order valence-corrected chi connectivity index (χ1v) is 9.54. The predicted octanol–water partition coefficient (Wildman–Crippen LogP) is 2.33. The summed E-state index contributed by atoms with van der Waals surface area (Å²) in [6, 6.07) is 2.49. The van der Waals surface area contributed by atoms with Crippen molar-refractivity contribution in [2.45, 2.75) is 59.2 Å². The van der Waals surface area contributed by atoms with Crippen LogP contribution in [0, 0.1) is 0 Å². The van der Waals surface area contributed by atoms with Crippen LogP contribution in [0.25, 0.3) is 0 Å². The number of rotatable bonds is 7. The number of esters is 3. The lowest BCUT2D eigenvalue weighted by Gasteiger charge is -2.26. The van der Waals surface area contributed by atoms with Crippen LogP contribution >= 0.6 is 0 Å². The number of carbonyl (C=O) groups is 5. The van der Waals surface area contributed by atoms with E-state index < -0.39 is 41.2 Å². The molecule has 1 atom stereocenters. The molecule has 0 heterocycles. The van der Waals surface area contributed by atoms with Gasteiger partial charge in [0.1, 0.15) is 17.6 Å². The van der Waals surface area contributed by atoms with Gasteiger partial charge in [0.05, 0.1) is 16.7 Å². The SMILES string of the molecule is CC(=O)Oc1ccc(OC(C)=O)c2c1C(=O)C=C([C@@H](CCC(C)(C)O)OC(C)=O)C2=O. The standard InChI is InChI=1S/C22H24O9/c1-11(23)29-16(8-9-22(4,5)28)14-10-15(26)19-17(30-12(2)24)6-7-18(31-13(3)25)20(19)21(14)27/h6-7,10,16,28H,8-9H2,1-5H3/t16-/m1/s1. The molecule has 1 aliphatic rings. The highest BCUT2D eigenvalue weighted by atomic mass is 16.5. The number of benzene rings is 1. The summed E-state index contributed by atoms with van der Waals surface area (Å²) in [5, 5.41) is 10.0. The molecule has 0 saturated heterocycles. The third-order valence-electron chi connectivity index (χ3n) is 4.33. The number of hydrogen-bond acceptors (Lipinski definition) is 9. The van der Waals surface area contributed by atoms with Gasteiger partial charge < -0.3 is 19.3 Å². The van der Waals surface area contributed by atoms with Crippen LogP contribution in [0.4, 0.5) is 0 Å². The minimum absolute atomic E-state index is 0.0653. The molecule has 166 valence electrons. The highest BCUT2D eigenvalue weighted by Gasteiger charge is 2.37. The van der Waals surface area contributed by atoms with E-state index in [9.17, 15) is 29.1 Å². The van der Waals surface area contributed by atoms with Gasteiger partial charge in [-0.15, -0.1) is 0 Å². The van der Waals surface area contributed by atoms with Crippen LogP contribution in [0.1, 0.15) is 68.2 Å². The van der Waals surface area contributed by atoms with Gasteiger partial charge in [0, 0.05) is 26.3 Å². The lowest BCUT2D eigenvalue weighted by atomic mass is 9.84. The van der Waals surface area contributed by atoms with Crippen LogP contribution in [0.2, 0.25) is 0 Å². The van der Waals surface area contributed by atoms with Crippen LogP contribution in [0.15, 0.2) is 23.8 Å². The summed E-state index contributed by atoms with van der Waals surface area (Å²) < 4.78 is 15.4. The molecule has 0 fully saturated rings. The van der Waals surface area contributed by atoms with E-state index in [1.54, 1.807) is 13.8 Å². The quantitative estimate of drug-likeness (QED) is 0.509. The zero-order chi connectivity index (χ0) is 23.5. The normalized spacial score (nSPS) is 14.3. The van der Waals surface area contributed by atoms with E-state index in [0.29, 0.717) is 0 Å². The molecule has 1 aliphatic carbocycles. The summed E-state index contributed by atoms with van der Waals surface area (Å²) >= 11 is 0. The molecule has 0 saturated carbocycles. The Labute approximate surface area is 179 Å². The van der Waals surface area contributed by atoms with Gasteiger partial charge >= 0.3 is 17.9 Å². The number of aliphatic hydroxyl groups is 1. The number of ether oxygens (including phenoxy) is 3. The first kappa shape index (κ1) is 23.9. The average Bonchev–Trinajstić information content (AvgIpc) is 2.61. The van der Waals surface area contributed by atoms with Crippen molar-refractivity contribution < 1.29 is 43.3 Å². The van der Waals surface area contributed by atoms with E-state index in [1.807, 2.05) is 0 Å². The minimum Gasteiger partial charge on any atom is -0.458 e. The Morgan fingerprint density at radius 2 is 1.45 bits per heavy atom. The van der Waals surface area contributed by atoms with Crippen LogP contribution < -0.4 is 9.47 Å². The Morgan fingerprint density at radius 1 is 0.935 bits per heavy atom. The predicted molar refractivity (Wildman–Crippen MR) is 107 cm³/mol. The molecule has 1 aromatic rings. The third kappa shape index (κ3) is 6.08. The maximum absolute atomic E-state index is 13.3. The zero-order valence-corrected chi connectivity index (χ0v) is 17.9. The van der Waals surface area contributed by atoms with E-state index in [2.05, 4.69) is 0 Å². The number of Topliss-reactive ketones (excluding diaryl/α,β-unsaturated/α-hetero) is 1. The Kier molecular flexibility index (Phi) is 7.12. The van der Waals surface area contributed by atoms with Gasteiger partial charge in [0.15, 0.2) is 11.6 Å². The number of ketones is 2. The number of hydrogen-bond donors (Lipinski definition) is 1. The second-order valence-corrected chi connectivity index (χ2v) is 7.74. The molecule has 9 nitrogen and oxygen atoms in total. The average molecular weight is 432 g/mol. The van der Waals surface area contributed by atoms with E-state index >= 15 is 0 Å². The van der Waals surface area contributed by atoms with Crippen molar-refractivity contribution in [2.24, 2.45) is 0 Å². The fraction of sp³-hybridized carbons (Fsp3) is 0.409. The second kappa shape index (κ2) is 9.22. The summed E-state index contributed by atoms with van der Waals surface area (Å²) in [6.45, 7) is 6.53. The summed E-state index contributed by atoms with van der Waals surface area (Å²) in [5.41, 5.74) is -1.74. The van der Waals surface area contributed by atoms with Crippen molar-refractivity contribution in [3.8, 4) is 11.5 Å². The van der Waals surface area contributed by atoms with E-state index in [0.717, 1.165) is 26.8 Å². The van der Waals surface area contributed by atoms with Gasteiger partial charge in [-0.05, 0) is 44.9 Å². The Balaban J connectivity index is 2.60. The van der Waals surface area contributed by atoms with Gasteiger partial charge in [-0.25, -0.2) is 0 Å². The van der Waals surface area contributed by atoms with Crippen LogP contribution in [-0.4, -0.2) is 46.3 Å². The second-order valence-electron chi connectivity index (χ2n) is 7.74. The van der Waals surface area contributed by atoms with Crippen LogP contribution in [-0.2, 0) is 19.1 Å². The summed E-state index contributed by atoms with van der Waals surface area (Å²) in [7, 11) is 0. The first-order chi connectivity index (χ1) is 14.3. The van der Waals surface area contributed by atoms with E-state index in [4.69, 9.17) is 14.2 Å². The van der Waals surface area contributed by atoms with Gasteiger partial charge in [0.2, 0.25) is 0 Å². The molecule has 0 unspecified atom stereocenters. The van der Waals surface area contributed by atoms with E-state index in [-0.39, 0.29) is 41.0 Å². The van der Waals surface area contributed by atoms with Gasteiger partial charge in [0.25, 0.3) is 0 Å². The molecule has 0 radical (unpaired) electrons. The van der Waals surface area contributed by atoms with Crippen molar-refractivity contribution in [1.29, 1.82) is 0 Å². The van der Waals surface area contributed by atoms with Crippen LogP contribution in [0.3, 0.4) is 0 Å². The van der Waals surface area contributed by atoms with E-state index in [1.165, 1.54) is 12.1 Å². The van der Waals surface area contributed by atoms with Crippen molar-refractivity contribution in [1.82, 2.24) is 0 Å². The molecule has 0 amide bonds. The Hall–Kier alpha value is -3.33. The Bertz CT molecular complexity index is 979. The Morgan fingerprint density at radius 3 is 1.90 bits per heavy atom. The summed E-state index contributed by atoms with van der Waals surface area (Å²) in [6.07, 6.45) is 0.125. The van der Waals surface area contributed by atoms with Crippen LogP contribution in [0.5, 0.6) is 11.5 Å². The molecule has 2 rings (SSSR count).